The van der Waals surface area contributed by atoms with Gasteiger partial charge in [-0.25, -0.2) is 4.98 Å². The summed E-state index contributed by atoms with van der Waals surface area (Å²) in [4.78, 5) is 17.2. The summed E-state index contributed by atoms with van der Waals surface area (Å²) in [5.41, 5.74) is 2.84. The molecule has 1 heterocycles. The van der Waals surface area contributed by atoms with Gasteiger partial charge < -0.3 is 4.74 Å². The van der Waals surface area contributed by atoms with Gasteiger partial charge in [-0.1, -0.05) is 42.1 Å². The SMILES string of the molecule is N#Cc1ccc(C23CC4CC(CC(C4)C2)C3)nc1SCC(=O)OCc1ccccc1. The molecule has 1 aromatic carbocycles. The number of carbonyl (C=O) groups excluding carboxylic acids is 1. The Morgan fingerprint density at radius 1 is 1.07 bits per heavy atom. The van der Waals surface area contributed by atoms with Gasteiger partial charge in [0.05, 0.1) is 11.3 Å². The topological polar surface area (TPSA) is 63.0 Å². The molecule has 1 aromatic heterocycles. The van der Waals surface area contributed by atoms with Gasteiger partial charge in [0, 0.05) is 11.1 Å². The summed E-state index contributed by atoms with van der Waals surface area (Å²) in [6, 6.07) is 15.9. The number of carbonyl (C=O) groups is 1. The fourth-order valence-electron chi connectivity index (χ4n) is 6.26. The third-order valence-electron chi connectivity index (χ3n) is 7.13. The molecule has 0 radical (unpaired) electrons. The highest BCUT2D eigenvalue weighted by Crippen LogP contribution is 2.60. The van der Waals surface area contributed by atoms with Crippen molar-refractivity contribution in [1.29, 1.82) is 5.26 Å². The van der Waals surface area contributed by atoms with Crippen molar-refractivity contribution in [2.24, 2.45) is 17.8 Å². The number of hydrogen-bond acceptors (Lipinski definition) is 5. The van der Waals surface area contributed by atoms with Crippen molar-refractivity contribution in [1.82, 2.24) is 4.98 Å². The van der Waals surface area contributed by atoms with Crippen LogP contribution in [0, 0.1) is 29.1 Å². The Bertz CT molecular complexity index is 947. The van der Waals surface area contributed by atoms with E-state index >= 15 is 0 Å². The minimum Gasteiger partial charge on any atom is -0.460 e. The second-order valence-electron chi connectivity index (χ2n) is 9.29. The second kappa shape index (κ2) is 8.07. The Kier molecular flexibility index (Phi) is 5.28. The fraction of sp³-hybridized carbons (Fsp3) is 0.480. The molecule has 4 saturated carbocycles. The predicted octanol–water partition coefficient (Wildman–Crippen LogP) is 5.26. The van der Waals surface area contributed by atoms with Gasteiger partial charge in [-0.3, -0.25) is 4.79 Å². The van der Waals surface area contributed by atoms with Gasteiger partial charge in [-0.15, -0.1) is 0 Å². The number of hydrogen-bond donors (Lipinski definition) is 0. The molecule has 2 aromatic rings. The van der Waals surface area contributed by atoms with Crippen molar-refractivity contribution < 1.29 is 9.53 Å². The lowest BCUT2D eigenvalue weighted by Crippen LogP contribution is -2.49. The highest BCUT2D eigenvalue weighted by Gasteiger charge is 2.52. The molecular formula is C25H26N2O2S. The maximum Gasteiger partial charge on any atom is 0.316 e. The van der Waals surface area contributed by atoms with Crippen LogP contribution in [0.3, 0.4) is 0 Å². The Morgan fingerprint density at radius 2 is 1.73 bits per heavy atom. The van der Waals surface area contributed by atoms with Crippen LogP contribution in [0.1, 0.15) is 55.3 Å². The fourth-order valence-corrected chi connectivity index (χ4v) is 7.03. The zero-order chi connectivity index (χ0) is 20.6. The lowest BCUT2D eigenvalue weighted by molar-refractivity contribution is -0.141. The van der Waals surface area contributed by atoms with E-state index in [4.69, 9.17) is 9.72 Å². The zero-order valence-electron chi connectivity index (χ0n) is 17.0. The molecule has 0 spiro atoms. The van der Waals surface area contributed by atoms with Crippen LogP contribution in [0.15, 0.2) is 47.5 Å². The second-order valence-corrected chi connectivity index (χ2v) is 10.3. The molecule has 4 bridgehead atoms. The first kappa shape index (κ1) is 19.6. The molecule has 0 N–H and O–H groups in total. The largest absolute Gasteiger partial charge is 0.460 e. The van der Waals surface area contributed by atoms with E-state index < -0.39 is 0 Å². The number of nitrogens with zero attached hydrogens (tertiary/aromatic N) is 2. The van der Waals surface area contributed by atoms with Crippen molar-refractivity contribution in [2.75, 3.05) is 5.75 Å². The van der Waals surface area contributed by atoms with E-state index in [0.29, 0.717) is 10.6 Å². The van der Waals surface area contributed by atoms with E-state index in [1.807, 2.05) is 36.4 Å². The van der Waals surface area contributed by atoms with Crippen molar-refractivity contribution >= 4 is 17.7 Å². The minimum atomic E-state index is -0.283. The molecule has 0 amide bonds. The van der Waals surface area contributed by atoms with Crippen LogP contribution in [0.2, 0.25) is 0 Å². The van der Waals surface area contributed by atoms with Gasteiger partial charge >= 0.3 is 5.97 Å². The third-order valence-corrected chi connectivity index (χ3v) is 8.10. The molecule has 0 aliphatic heterocycles. The van der Waals surface area contributed by atoms with E-state index in [1.54, 1.807) is 0 Å². The maximum atomic E-state index is 12.2. The molecule has 154 valence electrons. The van der Waals surface area contributed by atoms with E-state index in [-0.39, 0.29) is 23.7 Å². The number of nitriles is 1. The van der Waals surface area contributed by atoms with Crippen LogP contribution in [-0.4, -0.2) is 16.7 Å². The standard InChI is InChI=1S/C25H26N2O2S/c26-14-21-6-7-22(25-11-18-8-19(12-25)10-20(9-18)13-25)27-24(21)30-16-23(28)29-15-17-4-2-1-3-5-17/h1-7,18-20H,8-13,15-16H2. The Labute approximate surface area is 182 Å². The number of aromatic nitrogens is 1. The summed E-state index contributed by atoms with van der Waals surface area (Å²) in [5.74, 6) is 2.42. The maximum absolute atomic E-state index is 12.2. The van der Waals surface area contributed by atoms with E-state index in [2.05, 4.69) is 12.1 Å². The first-order valence-electron chi connectivity index (χ1n) is 10.9. The summed E-state index contributed by atoms with van der Waals surface area (Å²) in [6.45, 7) is 0.270. The molecule has 4 aliphatic rings. The molecule has 4 nitrogen and oxygen atoms in total. The van der Waals surface area contributed by atoms with Crippen LogP contribution in [0.5, 0.6) is 0 Å². The summed E-state index contributed by atoms with van der Waals surface area (Å²) < 4.78 is 5.38. The van der Waals surface area contributed by atoms with Crippen LogP contribution < -0.4 is 0 Å². The number of ether oxygens (including phenoxy) is 1. The summed E-state index contributed by atoms with van der Waals surface area (Å²) in [7, 11) is 0. The molecule has 4 aliphatic carbocycles. The Hall–Kier alpha value is -2.32. The molecule has 4 fully saturated rings. The van der Waals surface area contributed by atoms with Crippen molar-refractivity contribution in [3.63, 3.8) is 0 Å². The number of esters is 1. The highest BCUT2D eigenvalue weighted by molar-refractivity contribution is 7.99. The predicted molar refractivity (Wildman–Crippen MR) is 116 cm³/mol. The molecule has 6 rings (SSSR count). The van der Waals surface area contributed by atoms with Crippen LogP contribution >= 0.6 is 11.8 Å². The van der Waals surface area contributed by atoms with Crippen molar-refractivity contribution in [3.8, 4) is 6.07 Å². The van der Waals surface area contributed by atoms with Gasteiger partial charge in [0.1, 0.15) is 17.7 Å². The van der Waals surface area contributed by atoms with E-state index in [1.165, 1.54) is 50.3 Å². The number of thioether (sulfide) groups is 1. The van der Waals surface area contributed by atoms with Crippen LogP contribution in [0.25, 0.3) is 0 Å². The quantitative estimate of drug-likeness (QED) is 0.473. The van der Waals surface area contributed by atoms with Gasteiger partial charge in [0.25, 0.3) is 0 Å². The zero-order valence-corrected chi connectivity index (χ0v) is 17.9. The lowest BCUT2D eigenvalue weighted by atomic mass is 9.49. The molecule has 5 heteroatoms. The minimum absolute atomic E-state index is 0.166. The van der Waals surface area contributed by atoms with Crippen LogP contribution in [0.4, 0.5) is 0 Å². The van der Waals surface area contributed by atoms with Gasteiger partial charge in [-0.2, -0.15) is 5.26 Å². The molecule has 30 heavy (non-hydrogen) atoms. The molecular weight excluding hydrogens is 392 g/mol. The van der Waals surface area contributed by atoms with Gasteiger partial charge in [0.15, 0.2) is 0 Å². The molecule has 0 unspecified atom stereocenters. The lowest BCUT2D eigenvalue weighted by Gasteiger charge is -2.56. The molecule has 0 saturated heterocycles. The van der Waals surface area contributed by atoms with Crippen molar-refractivity contribution in [2.45, 2.75) is 55.6 Å². The summed E-state index contributed by atoms with van der Waals surface area (Å²) in [6.07, 6.45) is 7.89. The molecule has 0 atom stereocenters. The first-order valence-corrected chi connectivity index (χ1v) is 11.9. The smallest absolute Gasteiger partial charge is 0.316 e. The number of benzene rings is 1. The van der Waals surface area contributed by atoms with Gasteiger partial charge in [-0.05, 0) is 74.0 Å². The Balaban J connectivity index is 1.28. The number of rotatable bonds is 6. The van der Waals surface area contributed by atoms with Crippen LogP contribution in [-0.2, 0) is 21.6 Å². The highest BCUT2D eigenvalue weighted by atomic mass is 32.2. The number of pyridine rings is 1. The van der Waals surface area contributed by atoms with Gasteiger partial charge in [0.2, 0.25) is 0 Å². The van der Waals surface area contributed by atoms with Crippen molar-refractivity contribution in [3.05, 3.63) is 59.3 Å². The first-order chi connectivity index (χ1) is 14.6. The normalized spacial score (nSPS) is 28.8. The third kappa shape index (κ3) is 3.86. The average molecular weight is 419 g/mol. The average Bonchev–Trinajstić information content (AvgIpc) is 2.76. The van der Waals surface area contributed by atoms with E-state index in [9.17, 15) is 10.1 Å². The van der Waals surface area contributed by atoms with E-state index in [0.717, 1.165) is 29.0 Å². The monoisotopic (exact) mass is 418 g/mol. The summed E-state index contributed by atoms with van der Waals surface area (Å²) >= 11 is 1.32. The Morgan fingerprint density at radius 3 is 2.37 bits per heavy atom. The summed E-state index contributed by atoms with van der Waals surface area (Å²) in [5, 5.41) is 10.2.